The molecule has 2 amide bonds. The lowest BCUT2D eigenvalue weighted by Gasteiger charge is -2.31. The zero-order chi connectivity index (χ0) is 23.4. The zero-order valence-electron chi connectivity index (χ0n) is 18.3. The highest BCUT2D eigenvalue weighted by atomic mass is 32.2. The number of nitrogens with zero attached hydrogens (tertiary/aromatic N) is 1. The lowest BCUT2D eigenvalue weighted by Crippen LogP contribution is -2.49. The molecule has 10 heteroatoms. The van der Waals surface area contributed by atoms with Crippen LogP contribution in [0.2, 0.25) is 0 Å². The first kappa shape index (κ1) is 23.1. The van der Waals surface area contributed by atoms with E-state index in [0.717, 1.165) is 0 Å². The number of sulfonamides is 1. The number of anilines is 1. The Balaban J connectivity index is 1.35. The molecule has 0 aromatic heterocycles. The molecule has 1 saturated heterocycles. The summed E-state index contributed by atoms with van der Waals surface area (Å²) in [5.41, 5.74) is 0.531. The van der Waals surface area contributed by atoms with Crippen molar-refractivity contribution in [2.45, 2.75) is 30.7 Å². The van der Waals surface area contributed by atoms with E-state index in [1.165, 1.54) is 4.31 Å². The maximum Gasteiger partial charge on any atom is 0.246 e. The predicted octanol–water partition coefficient (Wildman–Crippen LogP) is 2.00. The standard InChI is InChI=1S/C23H27N3O6S/c1-16(22(27)25-18-9-10-20-21(14-18)32-13-12-31-20)24-23(28)17-6-5-11-26(15-17)33(29,30)19-7-3-2-4-8-19/h2-4,7-10,14,16-17H,5-6,11-13,15H2,1H3,(H,24,28)(H,25,27)/t16-,17-/m0/s1. The molecular weight excluding hydrogens is 446 g/mol. The van der Waals surface area contributed by atoms with E-state index in [1.807, 2.05) is 0 Å². The van der Waals surface area contributed by atoms with Crippen LogP contribution in [0.25, 0.3) is 0 Å². The Morgan fingerprint density at radius 3 is 2.55 bits per heavy atom. The van der Waals surface area contributed by atoms with Crippen LogP contribution in [-0.2, 0) is 19.6 Å². The number of rotatable bonds is 6. The minimum Gasteiger partial charge on any atom is -0.486 e. The molecule has 9 nitrogen and oxygen atoms in total. The minimum absolute atomic E-state index is 0.0829. The number of hydrogen-bond donors (Lipinski definition) is 2. The summed E-state index contributed by atoms with van der Waals surface area (Å²) < 4.78 is 38.1. The van der Waals surface area contributed by atoms with Crippen molar-refractivity contribution in [3.8, 4) is 11.5 Å². The van der Waals surface area contributed by atoms with Gasteiger partial charge in [0.2, 0.25) is 21.8 Å². The minimum atomic E-state index is -3.67. The number of ether oxygens (including phenoxy) is 2. The van der Waals surface area contributed by atoms with E-state index in [1.54, 1.807) is 55.5 Å². The molecule has 2 atom stereocenters. The van der Waals surface area contributed by atoms with E-state index in [0.29, 0.717) is 49.8 Å². The topological polar surface area (TPSA) is 114 Å². The first-order chi connectivity index (χ1) is 15.8. The van der Waals surface area contributed by atoms with Gasteiger partial charge in [-0.1, -0.05) is 18.2 Å². The lowest BCUT2D eigenvalue weighted by atomic mass is 9.98. The van der Waals surface area contributed by atoms with Gasteiger partial charge in [-0.2, -0.15) is 4.31 Å². The van der Waals surface area contributed by atoms with E-state index < -0.39 is 22.0 Å². The number of carbonyl (C=O) groups is 2. The second-order valence-electron chi connectivity index (χ2n) is 8.09. The summed E-state index contributed by atoms with van der Waals surface area (Å²) in [6.07, 6.45) is 1.13. The molecule has 0 unspecified atom stereocenters. The van der Waals surface area contributed by atoms with Crippen molar-refractivity contribution in [2.24, 2.45) is 5.92 Å². The molecule has 0 radical (unpaired) electrons. The van der Waals surface area contributed by atoms with Crippen molar-refractivity contribution in [3.63, 3.8) is 0 Å². The normalized spacial score (nSPS) is 19.4. The highest BCUT2D eigenvalue weighted by Gasteiger charge is 2.34. The monoisotopic (exact) mass is 473 g/mol. The number of amides is 2. The fraction of sp³-hybridized carbons (Fsp3) is 0.391. The van der Waals surface area contributed by atoms with E-state index in [-0.39, 0.29) is 23.3 Å². The van der Waals surface area contributed by atoms with Gasteiger partial charge in [0.1, 0.15) is 19.3 Å². The van der Waals surface area contributed by atoms with Gasteiger partial charge in [-0.25, -0.2) is 8.42 Å². The van der Waals surface area contributed by atoms with Gasteiger partial charge >= 0.3 is 0 Å². The molecule has 0 saturated carbocycles. The molecule has 2 aliphatic heterocycles. The Morgan fingerprint density at radius 2 is 1.79 bits per heavy atom. The summed E-state index contributed by atoms with van der Waals surface area (Å²) in [6.45, 7) is 2.95. The molecule has 2 heterocycles. The first-order valence-corrected chi connectivity index (χ1v) is 12.3. The van der Waals surface area contributed by atoms with Crippen LogP contribution in [0.1, 0.15) is 19.8 Å². The molecule has 0 aliphatic carbocycles. The summed E-state index contributed by atoms with van der Waals surface area (Å²) in [4.78, 5) is 25.6. The number of fused-ring (bicyclic) bond motifs is 1. The third kappa shape index (κ3) is 5.28. The quantitative estimate of drug-likeness (QED) is 0.663. The van der Waals surface area contributed by atoms with Gasteiger partial charge in [0.25, 0.3) is 0 Å². The average Bonchev–Trinajstić information content (AvgIpc) is 2.84. The van der Waals surface area contributed by atoms with Gasteiger partial charge in [0.05, 0.1) is 10.8 Å². The molecule has 1 fully saturated rings. The number of carbonyl (C=O) groups excluding carboxylic acids is 2. The maximum absolute atomic E-state index is 12.9. The molecule has 33 heavy (non-hydrogen) atoms. The third-order valence-corrected chi connectivity index (χ3v) is 7.58. The largest absolute Gasteiger partial charge is 0.486 e. The molecular formula is C23H27N3O6S. The molecule has 0 bridgehead atoms. The van der Waals surface area contributed by atoms with Crippen molar-refractivity contribution in [2.75, 3.05) is 31.6 Å². The molecule has 2 aromatic carbocycles. The van der Waals surface area contributed by atoms with E-state index in [2.05, 4.69) is 10.6 Å². The predicted molar refractivity (Wildman–Crippen MR) is 122 cm³/mol. The Kier molecular flexibility index (Phi) is 6.85. The summed E-state index contributed by atoms with van der Waals surface area (Å²) in [7, 11) is -3.67. The van der Waals surface area contributed by atoms with E-state index in [9.17, 15) is 18.0 Å². The Hall–Kier alpha value is -3.11. The average molecular weight is 474 g/mol. The molecule has 2 aromatic rings. The number of hydrogen-bond acceptors (Lipinski definition) is 6. The zero-order valence-corrected chi connectivity index (χ0v) is 19.1. The van der Waals surface area contributed by atoms with Crippen molar-refractivity contribution in [3.05, 3.63) is 48.5 Å². The maximum atomic E-state index is 12.9. The molecule has 176 valence electrons. The summed E-state index contributed by atoms with van der Waals surface area (Å²) in [5, 5.41) is 5.47. The first-order valence-electron chi connectivity index (χ1n) is 10.9. The SMILES string of the molecule is C[C@H](NC(=O)[C@H]1CCCN(S(=O)(=O)c2ccccc2)C1)C(=O)Nc1ccc2c(c1)OCCO2. The Labute approximate surface area is 193 Å². The molecule has 0 spiro atoms. The highest BCUT2D eigenvalue weighted by Crippen LogP contribution is 2.32. The van der Waals surface area contributed by atoms with Gasteiger partial charge in [0.15, 0.2) is 11.5 Å². The second-order valence-corrected chi connectivity index (χ2v) is 10.0. The van der Waals surface area contributed by atoms with E-state index in [4.69, 9.17) is 9.47 Å². The molecule has 2 aliphatic rings. The second kappa shape index (κ2) is 9.80. The number of piperidine rings is 1. The van der Waals surface area contributed by atoms with Gasteiger partial charge in [-0.05, 0) is 44.0 Å². The third-order valence-electron chi connectivity index (χ3n) is 5.70. The van der Waals surface area contributed by atoms with Crippen LogP contribution >= 0.6 is 0 Å². The van der Waals surface area contributed by atoms with Crippen LogP contribution in [0, 0.1) is 5.92 Å². The van der Waals surface area contributed by atoms with Crippen molar-refractivity contribution < 1.29 is 27.5 Å². The van der Waals surface area contributed by atoms with Gasteiger partial charge in [-0.15, -0.1) is 0 Å². The fourth-order valence-electron chi connectivity index (χ4n) is 3.88. The highest BCUT2D eigenvalue weighted by molar-refractivity contribution is 7.89. The van der Waals surface area contributed by atoms with Crippen molar-refractivity contribution >= 4 is 27.5 Å². The summed E-state index contributed by atoms with van der Waals surface area (Å²) in [5.74, 6) is -0.0789. The van der Waals surface area contributed by atoms with Crippen LogP contribution in [0.3, 0.4) is 0 Å². The summed E-state index contributed by atoms with van der Waals surface area (Å²) in [6, 6.07) is 12.5. The van der Waals surface area contributed by atoms with Crippen molar-refractivity contribution in [1.29, 1.82) is 0 Å². The van der Waals surface area contributed by atoms with Crippen LogP contribution in [-0.4, -0.2) is 56.9 Å². The Bertz CT molecular complexity index is 1120. The summed E-state index contributed by atoms with van der Waals surface area (Å²) >= 11 is 0. The molecule has 2 N–H and O–H groups in total. The van der Waals surface area contributed by atoms with Gasteiger partial charge in [0, 0.05) is 24.8 Å². The lowest BCUT2D eigenvalue weighted by molar-refractivity contribution is -0.129. The van der Waals surface area contributed by atoms with Crippen LogP contribution in [0.4, 0.5) is 5.69 Å². The van der Waals surface area contributed by atoms with Gasteiger partial charge < -0.3 is 20.1 Å². The Morgan fingerprint density at radius 1 is 1.06 bits per heavy atom. The number of nitrogens with one attached hydrogen (secondary N) is 2. The van der Waals surface area contributed by atoms with Crippen LogP contribution in [0.5, 0.6) is 11.5 Å². The van der Waals surface area contributed by atoms with E-state index >= 15 is 0 Å². The van der Waals surface area contributed by atoms with Crippen LogP contribution in [0.15, 0.2) is 53.4 Å². The van der Waals surface area contributed by atoms with Crippen LogP contribution < -0.4 is 20.1 Å². The van der Waals surface area contributed by atoms with Crippen molar-refractivity contribution in [1.82, 2.24) is 9.62 Å². The van der Waals surface area contributed by atoms with Gasteiger partial charge in [-0.3, -0.25) is 9.59 Å². The smallest absolute Gasteiger partial charge is 0.246 e. The fourth-order valence-corrected chi connectivity index (χ4v) is 5.43. The molecule has 4 rings (SSSR count). The number of benzene rings is 2.